The summed E-state index contributed by atoms with van der Waals surface area (Å²) >= 11 is 0. The normalized spacial score (nSPS) is 12.0. The van der Waals surface area contributed by atoms with Crippen LogP contribution in [-0.4, -0.2) is 25.7 Å². The van der Waals surface area contributed by atoms with Crippen molar-refractivity contribution in [2.24, 2.45) is 0 Å². The Morgan fingerprint density at radius 3 is 2.69 bits per heavy atom. The molecule has 0 fully saturated rings. The molecule has 0 radical (unpaired) electrons. The van der Waals surface area contributed by atoms with Gasteiger partial charge in [-0.05, 0) is 36.8 Å². The SMILES string of the molecule is Cc1cccc2ncnc(Nc3ccc4c(c3)ncn4CC(F)(F)F)c12. The monoisotopic (exact) mass is 357 g/mol. The maximum atomic E-state index is 12.6. The van der Waals surface area contributed by atoms with Crippen LogP contribution in [0.25, 0.3) is 21.9 Å². The summed E-state index contributed by atoms with van der Waals surface area (Å²) in [5.41, 5.74) is 3.45. The molecule has 0 aliphatic rings. The number of hydrogen-bond acceptors (Lipinski definition) is 4. The third kappa shape index (κ3) is 3.05. The first-order valence-corrected chi connectivity index (χ1v) is 7.90. The number of benzene rings is 2. The van der Waals surface area contributed by atoms with Gasteiger partial charge in [0.15, 0.2) is 0 Å². The smallest absolute Gasteiger partial charge is 0.340 e. The predicted molar refractivity (Wildman–Crippen MR) is 93.3 cm³/mol. The molecule has 8 heteroatoms. The summed E-state index contributed by atoms with van der Waals surface area (Å²) in [6.45, 7) is 0.908. The van der Waals surface area contributed by atoms with Crippen LogP contribution in [0.1, 0.15) is 5.56 Å². The van der Waals surface area contributed by atoms with E-state index in [1.165, 1.54) is 12.7 Å². The summed E-state index contributed by atoms with van der Waals surface area (Å²) in [4.78, 5) is 12.6. The van der Waals surface area contributed by atoms with Crippen molar-refractivity contribution >= 4 is 33.4 Å². The molecule has 26 heavy (non-hydrogen) atoms. The fourth-order valence-corrected chi connectivity index (χ4v) is 2.97. The molecule has 0 bridgehead atoms. The number of hydrogen-bond donors (Lipinski definition) is 1. The minimum Gasteiger partial charge on any atom is -0.340 e. The highest BCUT2D eigenvalue weighted by Gasteiger charge is 2.28. The molecule has 132 valence electrons. The molecule has 4 aromatic rings. The second-order valence-electron chi connectivity index (χ2n) is 6.01. The summed E-state index contributed by atoms with van der Waals surface area (Å²) in [6.07, 6.45) is -1.62. The van der Waals surface area contributed by atoms with Crippen molar-refractivity contribution in [2.45, 2.75) is 19.6 Å². The van der Waals surface area contributed by atoms with Gasteiger partial charge in [-0.25, -0.2) is 15.0 Å². The lowest BCUT2D eigenvalue weighted by atomic mass is 10.1. The molecular formula is C18H14F3N5. The highest BCUT2D eigenvalue weighted by atomic mass is 19.4. The molecule has 0 aliphatic heterocycles. The largest absolute Gasteiger partial charge is 0.406 e. The number of fused-ring (bicyclic) bond motifs is 2. The Balaban J connectivity index is 1.71. The zero-order chi connectivity index (χ0) is 18.3. The fourth-order valence-electron chi connectivity index (χ4n) is 2.97. The Hall–Kier alpha value is -3.16. The molecule has 0 saturated carbocycles. The highest BCUT2D eigenvalue weighted by Crippen LogP contribution is 2.28. The van der Waals surface area contributed by atoms with Gasteiger partial charge in [0, 0.05) is 11.1 Å². The number of nitrogens with one attached hydrogen (secondary N) is 1. The number of alkyl halides is 3. The molecule has 4 rings (SSSR count). The zero-order valence-corrected chi connectivity index (χ0v) is 13.7. The topological polar surface area (TPSA) is 55.6 Å². The van der Waals surface area contributed by atoms with Crippen molar-refractivity contribution in [3.63, 3.8) is 0 Å². The first kappa shape index (κ1) is 16.3. The number of aromatic nitrogens is 4. The van der Waals surface area contributed by atoms with E-state index in [0.717, 1.165) is 21.0 Å². The van der Waals surface area contributed by atoms with Gasteiger partial charge in [0.2, 0.25) is 0 Å². The second kappa shape index (κ2) is 5.98. The Labute approximate surface area is 146 Å². The highest BCUT2D eigenvalue weighted by molar-refractivity contribution is 5.94. The molecule has 0 saturated heterocycles. The first-order valence-electron chi connectivity index (χ1n) is 7.90. The Morgan fingerprint density at radius 1 is 1.04 bits per heavy atom. The van der Waals surface area contributed by atoms with E-state index in [0.29, 0.717) is 22.5 Å². The third-order valence-corrected chi connectivity index (χ3v) is 4.10. The van der Waals surface area contributed by atoms with Crippen LogP contribution in [0.15, 0.2) is 49.1 Å². The standard InChI is InChI=1S/C18H14F3N5/c1-11-3-2-4-13-16(11)17(23-9-22-13)25-12-5-6-15-14(7-12)24-10-26(15)8-18(19,20)21/h2-7,9-10H,8H2,1H3,(H,22,23,25). The number of imidazole rings is 1. The molecule has 1 N–H and O–H groups in total. The van der Waals surface area contributed by atoms with Crippen LogP contribution in [0, 0.1) is 6.92 Å². The molecule has 0 spiro atoms. The number of halogens is 3. The van der Waals surface area contributed by atoms with E-state index in [4.69, 9.17) is 0 Å². The van der Waals surface area contributed by atoms with Crippen LogP contribution in [0.2, 0.25) is 0 Å². The molecule has 5 nitrogen and oxygen atoms in total. The van der Waals surface area contributed by atoms with Crippen LogP contribution in [0.3, 0.4) is 0 Å². The van der Waals surface area contributed by atoms with Crippen molar-refractivity contribution in [2.75, 3.05) is 5.32 Å². The molecule has 2 heterocycles. The summed E-state index contributed by atoms with van der Waals surface area (Å²) < 4.78 is 39.0. The Morgan fingerprint density at radius 2 is 1.88 bits per heavy atom. The summed E-state index contributed by atoms with van der Waals surface area (Å²) in [6, 6.07) is 10.8. The van der Waals surface area contributed by atoms with Crippen molar-refractivity contribution in [1.29, 1.82) is 0 Å². The van der Waals surface area contributed by atoms with E-state index in [9.17, 15) is 13.2 Å². The minimum atomic E-state index is -4.29. The molecule has 0 aliphatic carbocycles. The summed E-state index contributed by atoms with van der Waals surface area (Å²) in [7, 11) is 0. The average Bonchev–Trinajstić information content (AvgIpc) is 2.96. The van der Waals surface area contributed by atoms with Gasteiger partial charge in [0.1, 0.15) is 18.7 Å². The van der Waals surface area contributed by atoms with E-state index in [-0.39, 0.29) is 0 Å². The van der Waals surface area contributed by atoms with Crippen molar-refractivity contribution < 1.29 is 13.2 Å². The third-order valence-electron chi connectivity index (χ3n) is 4.10. The zero-order valence-electron chi connectivity index (χ0n) is 13.7. The van der Waals surface area contributed by atoms with Crippen molar-refractivity contribution in [3.05, 3.63) is 54.6 Å². The van der Waals surface area contributed by atoms with Gasteiger partial charge in [-0.2, -0.15) is 13.2 Å². The molecule has 2 aromatic carbocycles. The van der Waals surface area contributed by atoms with Crippen LogP contribution >= 0.6 is 0 Å². The van der Waals surface area contributed by atoms with E-state index in [1.807, 2.05) is 25.1 Å². The lowest BCUT2D eigenvalue weighted by molar-refractivity contribution is -0.139. The maximum absolute atomic E-state index is 12.6. The van der Waals surface area contributed by atoms with Gasteiger partial charge in [-0.1, -0.05) is 12.1 Å². The number of aryl methyl sites for hydroxylation is 1. The molecule has 0 atom stereocenters. The molecular weight excluding hydrogens is 343 g/mol. The minimum absolute atomic E-state index is 0.427. The van der Waals surface area contributed by atoms with E-state index in [2.05, 4.69) is 20.3 Å². The lowest BCUT2D eigenvalue weighted by Crippen LogP contribution is -2.16. The first-order chi connectivity index (χ1) is 12.4. The van der Waals surface area contributed by atoms with Gasteiger partial charge in [0.05, 0.1) is 22.9 Å². The fraction of sp³-hybridized carbons (Fsp3) is 0.167. The van der Waals surface area contributed by atoms with Gasteiger partial charge in [-0.3, -0.25) is 0 Å². The van der Waals surface area contributed by atoms with Crippen molar-refractivity contribution in [3.8, 4) is 0 Å². The van der Waals surface area contributed by atoms with Gasteiger partial charge in [0.25, 0.3) is 0 Å². The molecule has 2 aromatic heterocycles. The summed E-state index contributed by atoms with van der Waals surface area (Å²) in [5, 5.41) is 4.12. The van der Waals surface area contributed by atoms with Crippen LogP contribution in [-0.2, 0) is 6.54 Å². The Bertz CT molecular complexity index is 1100. The molecule has 0 unspecified atom stereocenters. The average molecular weight is 357 g/mol. The van der Waals surface area contributed by atoms with E-state index in [1.54, 1.807) is 18.2 Å². The van der Waals surface area contributed by atoms with Gasteiger partial charge in [-0.15, -0.1) is 0 Å². The van der Waals surface area contributed by atoms with Crippen LogP contribution in [0.5, 0.6) is 0 Å². The summed E-state index contributed by atoms with van der Waals surface area (Å²) in [5.74, 6) is 0.641. The number of nitrogens with zero attached hydrogens (tertiary/aromatic N) is 4. The number of anilines is 2. The second-order valence-corrected chi connectivity index (χ2v) is 6.01. The lowest BCUT2D eigenvalue weighted by Gasteiger charge is -2.11. The van der Waals surface area contributed by atoms with Crippen molar-refractivity contribution in [1.82, 2.24) is 19.5 Å². The van der Waals surface area contributed by atoms with Crippen LogP contribution in [0.4, 0.5) is 24.7 Å². The van der Waals surface area contributed by atoms with Gasteiger partial charge < -0.3 is 9.88 Å². The maximum Gasteiger partial charge on any atom is 0.406 e. The predicted octanol–water partition coefficient (Wildman–Crippen LogP) is 4.59. The van der Waals surface area contributed by atoms with Gasteiger partial charge >= 0.3 is 6.18 Å². The quantitative estimate of drug-likeness (QED) is 0.582. The Kier molecular flexibility index (Phi) is 3.75. The number of rotatable bonds is 3. The van der Waals surface area contributed by atoms with Crippen LogP contribution < -0.4 is 5.32 Å². The molecule has 0 amide bonds. The van der Waals surface area contributed by atoms with E-state index >= 15 is 0 Å². The van der Waals surface area contributed by atoms with E-state index < -0.39 is 12.7 Å².